The third-order valence-corrected chi connectivity index (χ3v) is 7.28. The second-order valence-corrected chi connectivity index (χ2v) is 10.3. The average Bonchev–Trinajstić information content (AvgIpc) is 3.45. The van der Waals surface area contributed by atoms with Crippen molar-refractivity contribution in [3.8, 4) is 11.1 Å². The van der Waals surface area contributed by atoms with Crippen molar-refractivity contribution < 1.29 is 27.6 Å². The molecule has 0 saturated carbocycles. The van der Waals surface area contributed by atoms with Gasteiger partial charge in [0.1, 0.15) is 23.8 Å². The second-order valence-electron chi connectivity index (χ2n) is 10.3. The molecular weight excluding hydrogens is 546 g/mol. The Morgan fingerprint density at radius 2 is 1.93 bits per heavy atom. The van der Waals surface area contributed by atoms with Crippen LogP contribution in [-0.2, 0) is 27.2 Å². The summed E-state index contributed by atoms with van der Waals surface area (Å²) >= 11 is 0. The van der Waals surface area contributed by atoms with E-state index in [1.54, 1.807) is 12.1 Å². The molecule has 0 unspecified atom stereocenters. The van der Waals surface area contributed by atoms with Crippen molar-refractivity contribution in [2.45, 2.75) is 51.9 Å². The summed E-state index contributed by atoms with van der Waals surface area (Å²) < 4.78 is 40.0. The highest BCUT2D eigenvalue weighted by Gasteiger charge is 2.27. The van der Waals surface area contributed by atoms with Gasteiger partial charge in [-0.15, -0.1) is 0 Å². The molecule has 1 saturated heterocycles. The smallest absolute Gasteiger partial charge is 0.303 e. The first-order valence-corrected chi connectivity index (χ1v) is 14.0. The lowest BCUT2D eigenvalue weighted by Gasteiger charge is -2.32. The normalized spacial score (nSPS) is 13.9. The lowest BCUT2D eigenvalue weighted by atomic mass is 9.95. The molecule has 3 heterocycles. The first kappa shape index (κ1) is 29.0. The molecule has 0 spiro atoms. The van der Waals surface area contributed by atoms with Crippen molar-refractivity contribution in [3.05, 3.63) is 65.6 Å². The Labute approximate surface area is 241 Å². The van der Waals surface area contributed by atoms with Crippen molar-refractivity contribution >= 4 is 28.6 Å². The number of nitrogens with one attached hydrogen (secondary N) is 1. The highest BCUT2D eigenvalue weighted by molar-refractivity contribution is 5.99. The molecule has 1 N–H and O–H groups in total. The van der Waals surface area contributed by atoms with Crippen molar-refractivity contribution in [1.29, 1.82) is 0 Å². The number of nitrogens with zero attached hydrogens (tertiary/aromatic N) is 5. The standard InChI is InChI=1S/C30H32F2N6O4/c1-3-4-27-36-29(37-42-27)20-8-11-38(12-9-20)30-24-15-22(31)14-23(28(24)34-17-35-30)21-6-5-19(25(32)13-21)7-10-33-26(40)16-41-18(2)39/h5-6,13-15,17,20H,3-4,7-12,16H2,1-2H3,(H,33,40). The summed E-state index contributed by atoms with van der Waals surface area (Å²) in [7, 11) is 0. The first-order chi connectivity index (χ1) is 20.3. The molecule has 2 aromatic heterocycles. The Morgan fingerprint density at radius 1 is 1.12 bits per heavy atom. The number of esters is 1. The van der Waals surface area contributed by atoms with E-state index in [1.165, 1.54) is 31.5 Å². The summed E-state index contributed by atoms with van der Waals surface area (Å²) in [6, 6.07) is 7.42. The van der Waals surface area contributed by atoms with Gasteiger partial charge in [0.05, 0.1) is 5.52 Å². The molecule has 42 heavy (non-hydrogen) atoms. The van der Waals surface area contributed by atoms with Crippen LogP contribution in [0.4, 0.5) is 14.6 Å². The summed E-state index contributed by atoms with van der Waals surface area (Å²) in [6.07, 6.45) is 4.98. The number of hydrogen-bond acceptors (Lipinski definition) is 9. The fourth-order valence-electron chi connectivity index (χ4n) is 5.16. The van der Waals surface area contributed by atoms with Gasteiger partial charge in [-0.25, -0.2) is 18.7 Å². The van der Waals surface area contributed by atoms with E-state index in [2.05, 4.69) is 42.0 Å². The van der Waals surface area contributed by atoms with Gasteiger partial charge in [-0.2, -0.15) is 4.98 Å². The molecule has 4 aromatic rings. The van der Waals surface area contributed by atoms with Gasteiger partial charge in [-0.3, -0.25) is 9.59 Å². The Balaban J connectivity index is 1.31. The van der Waals surface area contributed by atoms with Crippen LogP contribution in [0, 0.1) is 11.6 Å². The van der Waals surface area contributed by atoms with E-state index in [4.69, 9.17) is 4.52 Å². The van der Waals surface area contributed by atoms with E-state index in [9.17, 15) is 14.0 Å². The highest BCUT2D eigenvalue weighted by atomic mass is 19.1. The number of anilines is 1. The predicted molar refractivity (Wildman–Crippen MR) is 151 cm³/mol. The number of ether oxygens (including phenoxy) is 1. The van der Waals surface area contributed by atoms with Crippen LogP contribution >= 0.6 is 0 Å². The predicted octanol–water partition coefficient (Wildman–Crippen LogP) is 4.52. The van der Waals surface area contributed by atoms with Gasteiger partial charge in [0, 0.05) is 49.8 Å². The third kappa shape index (κ3) is 6.69. The van der Waals surface area contributed by atoms with Crippen LogP contribution in [-0.4, -0.2) is 58.2 Å². The molecule has 12 heteroatoms. The van der Waals surface area contributed by atoms with E-state index < -0.39 is 23.5 Å². The first-order valence-electron chi connectivity index (χ1n) is 14.0. The number of aromatic nitrogens is 4. The quantitative estimate of drug-likeness (QED) is 0.271. The molecule has 1 amide bonds. The number of halogens is 2. The molecule has 0 radical (unpaired) electrons. The molecule has 0 aliphatic carbocycles. The summed E-state index contributed by atoms with van der Waals surface area (Å²) in [5.74, 6) is 0.211. The summed E-state index contributed by atoms with van der Waals surface area (Å²) in [6.45, 7) is 4.42. The lowest BCUT2D eigenvalue weighted by Crippen LogP contribution is -2.34. The van der Waals surface area contributed by atoms with Crippen LogP contribution < -0.4 is 10.2 Å². The van der Waals surface area contributed by atoms with Gasteiger partial charge in [-0.05, 0) is 55.0 Å². The summed E-state index contributed by atoms with van der Waals surface area (Å²) in [5.41, 5.74) is 1.84. The summed E-state index contributed by atoms with van der Waals surface area (Å²) in [4.78, 5) is 38.1. The third-order valence-electron chi connectivity index (χ3n) is 7.28. The van der Waals surface area contributed by atoms with E-state index in [0.717, 1.165) is 31.5 Å². The highest BCUT2D eigenvalue weighted by Crippen LogP contribution is 2.35. The van der Waals surface area contributed by atoms with Crippen LogP contribution in [0.15, 0.2) is 41.2 Å². The molecule has 0 atom stereocenters. The van der Waals surface area contributed by atoms with Crippen molar-refractivity contribution in [1.82, 2.24) is 25.4 Å². The van der Waals surface area contributed by atoms with Gasteiger partial charge < -0.3 is 19.5 Å². The SMILES string of the molecule is CCCc1nc(C2CCN(c3ncnc4c(-c5ccc(CCNC(=O)COC(C)=O)c(F)c5)cc(F)cc34)CC2)no1. The fourth-order valence-corrected chi connectivity index (χ4v) is 5.16. The molecule has 10 nitrogen and oxygen atoms in total. The second kappa shape index (κ2) is 13.0. The Bertz CT molecular complexity index is 1590. The number of carbonyl (C=O) groups excluding carboxylic acids is 2. The minimum Gasteiger partial charge on any atom is -0.456 e. The molecule has 0 bridgehead atoms. The van der Waals surface area contributed by atoms with Crippen molar-refractivity contribution in [2.24, 2.45) is 0 Å². The van der Waals surface area contributed by atoms with Crippen LogP contribution in [0.3, 0.4) is 0 Å². The van der Waals surface area contributed by atoms with Crippen LogP contribution in [0.25, 0.3) is 22.0 Å². The Morgan fingerprint density at radius 3 is 2.67 bits per heavy atom. The molecule has 1 fully saturated rings. The Hall–Kier alpha value is -4.48. The van der Waals surface area contributed by atoms with Crippen molar-refractivity contribution in [3.63, 3.8) is 0 Å². The monoisotopic (exact) mass is 578 g/mol. The number of amides is 1. The van der Waals surface area contributed by atoms with E-state index in [0.29, 0.717) is 52.4 Å². The molecule has 2 aromatic carbocycles. The number of benzene rings is 2. The minimum atomic E-state index is -0.556. The summed E-state index contributed by atoms with van der Waals surface area (Å²) in [5, 5.41) is 7.30. The molecule has 5 rings (SSSR count). The van der Waals surface area contributed by atoms with E-state index >= 15 is 4.39 Å². The number of carbonyl (C=O) groups is 2. The largest absolute Gasteiger partial charge is 0.456 e. The van der Waals surface area contributed by atoms with E-state index in [1.807, 2.05) is 0 Å². The number of rotatable bonds is 10. The maximum Gasteiger partial charge on any atom is 0.303 e. The maximum atomic E-state index is 15.1. The zero-order valence-corrected chi connectivity index (χ0v) is 23.5. The van der Waals surface area contributed by atoms with Gasteiger partial charge in [0.15, 0.2) is 12.4 Å². The molecule has 1 aliphatic rings. The van der Waals surface area contributed by atoms with Crippen molar-refractivity contribution in [2.75, 3.05) is 31.1 Å². The zero-order valence-electron chi connectivity index (χ0n) is 23.5. The van der Waals surface area contributed by atoms with Crippen LogP contribution in [0.1, 0.15) is 56.3 Å². The minimum absolute atomic E-state index is 0.166. The number of aryl methyl sites for hydroxylation is 1. The fraction of sp³-hybridized carbons (Fsp3) is 0.400. The molecular formula is C30H32F2N6O4. The van der Waals surface area contributed by atoms with Gasteiger partial charge in [0.25, 0.3) is 5.91 Å². The Kier molecular flexibility index (Phi) is 8.99. The maximum absolute atomic E-state index is 15.1. The average molecular weight is 579 g/mol. The van der Waals surface area contributed by atoms with E-state index in [-0.39, 0.29) is 25.5 Å². The molecule has 220 valence electrons. The lowest BCUT2D eigenvalue weighted by molar-refractivity contribution is -0.146. The topological polar surface area (TPSA) is 123 Å². The van der Waals surface area contributed by atoms with Gasteiger partial charge in [0.2, 0.25) is 5.89 Å². The number of piperidine rings is 1. The van der Waals surface area contributed by atoms with Gasteiger partial charge >= 0.3 is 5.97 Å². The number of fused-ring (bicyclic) bond motifs is 1. The van der Waals surface area contributed by atoms with Crippen LogP contribution in [0.2, 0.25) is 0 Å². The molecule has 1 aliphatic heterocycles. The van der Waals surface area contributed by atoms with Gasteiger partial charge in [-0.1, -0.05) is 24.2 Å². The zero-order chi connectivity index (χ0) is 29.6. The number of hydrogen-bond donors (Lipinski definition) is 1. The van der Waals surface area contributed by atoms with Crippen LogP contribution in [0.5, 0.6) is 0 Å².